The van der Waals surface area contributed by atoms with Gasteiger partial charge in [0.2, 0.25) is 0 Å². The Morgan fingerprint density at radius 1 is 0.971 bits per heavy atom. The standard InChI is InChI=1S/C29H30N2O3S/c1-29(2,3)24-16-23(33-4)14-15-26(24)34-18-27(32)30-17-20-10-12-22(13-11-20)28-31-25(19-35-28)21-8-6-5-7-9-21/h5-16,19H,17-18H2,1-4H3,(H,30,32). The lowest BCUT2D eigenvalue weighted by atomic mass is 9.86. The van der Waals surface area contributed by atoms with E-state index in [0.29, 0.717) is 12.3 Å². The molecule has 6 heteroatoms. The van der Waals surface area contributed by atoms with Gasteiger partial charge in [0.25, 0.3) is 5.91 Å². The summed E-state index contributed by atoms with van der Waals surface area (Å²) in [6, 6.07) is 23.9. The highest BCUT2D eigenvalue weighted by Crippen LogP contribution is 2.34. The van der Waals surface area contributed by atoms with Gasteiger partial charge in [-0.05, 0) is 29.2 Å². The van der Waals surface area contributed by atoms with Gasteiger partial charge < -0.3 is 14.8 Å². The third-order valence-electron chi connectivity index (χ3n) is 5.62. The number of amides is 1. The SMILES string of the molecule is COc1ccc(OCC(=O)NCc2ccc(-c3nc(-c4ccccc4)cs3)cc2)c(C(C)(C)C)c1. The number of benzene rings is 3. The summed E-state index contributed by atoms with van der Waals surface area (Å²) in [6.45, 7) is 6.70. The Morgan fingerprint density at radius 3 is 2.40 bits per heavy atom. The number of ether oxygens (including phenoxy) is 2. The molecule has 0 bridgehead atoms. The molecule has 0 aliphatic carbocycles. The molecular weight excluding hydrogens is 456 g/mol. The van der Waals surface area contributed by atoms with Gasteiger partial charge in [-0.15, -0.1) is 11.3 Å². The first-order valence-electron chi connectivity index (χ1n) is 11.5. The van der Waals surface area contributed by atoms with E-state index in [1.807, 2.05) is 60.7 Å². The molecule has 0 radical (unpaired) electrons. The van der Waals surface area contributed by atoms with E-state index in [2.05, 4.69) is 43.6 Å². The largest absolute Gasteiger partial charge is 0.497 e. The number of hydrogen-bond donors (Lipinski definition) is 1. The fraction of sp³-hybridized carbons (Fsp3) is 0.241. The first-order valence-corrected chi connectivity index (χ1v) is 12.4. The van der Waals surface area contributed by atoms with Gasteiger partial charge >= 0.3 is 0 Å². The molecule has 0 spiro atoms. The molecule has 1 heterocycles. The molecule has 4 aromatic rings. The van der Waals surface area contributed by atoms with Crippen molar-refractivity contribution in [1.82, 2.24) is 10.3 Å². The van der Waals surface area contributed by atoms with Crippen LogP contribution in [0.25, 0.3) is 21.8 Å². The van der Waals surface area contributed by atoms with Crippen LogP contribution >= 0.6 is 11.3 Å². The van der Waals surface area contributed by atoms with Crippen LogP contribution < -0.4 is 14.8 Å². The van der Waals surface area contributed by atoms with Crippen LogP contribution in [0.1, 0.15) is 31.9 Å². The Hall–Kier alpha value is -3.64. The zero-order valence-corrected chi connectivity index (χ0v) is 21.3. The maximum atomic E-state index is 12.4. The number of rotatable bonds is 8. The smallest absolute Gasteiger partial charge is 0.258 e. The minimum absolute atomic E-state index is 0.0468. The van der Waals surface area contributed by atoms with Gasteiger partial charge in [-0.2, -0.15) is 0 Å². The van der Waals surface area contributed by atoms with E-state index in [4.69, 9.17) is 14.5 Å². The fourth-order valence-corrected chi connectivity index (χ4v) is 4.49. The molecule has 0 fully saturated rings. The predicted molar refractivity (Wildman–Crippen MR) is 142 cm³/mol. The van der Waals surface area contributed by atoms with Crippen LogP contribution in [0.3, 0.4) is 0 Å². The summed E-state index contributed by atoms with van der Waals surface area (Å²) in [7, 11) is 1.64. The minimum atomic E-state index is -0.169. The molecule has 4 rings (SSSR count). The monoisotopic (exact) mass is 486 g/mol. The van der Waals surface area contributed by atoms with Crippen molar-refractivity contribution >= 4 is 17.2 Å². The van der Waals surface area contributed by atoms with Crippen molar-refractivity contribution in [2.24, 2.45) is 0 Å². The van der Waals surface area contributed by atoms with E-state index >= 15 is 0 Å². The van der Waals surface area contributed by atoms with Crippen molar-refractivity contribution in [3.05, 3.63) is 89.3 Å². The van der Waals surface area contributed by atoms with Crippen molar-refractivity contribution in [3.63, 3.8) is 0 Å². The summed E-state index contributed by atoms with van der Waals surface area (Å²) in [5, 5.41) is 5.98. The third kappa shape index (κ3) is 6.28. The van der Waals surface area contributed by atoms with Gasteiger partial charge in [0, 0.05) is 28.6 Å². The topological polar surface area (TPSA) is 60.5 Å². The van der Waals surface area contributed by atoms with E-state index in [-0.39, 0.29) is 17.9 Å². The number of thiazole rings is 1. The molecule has 1 amide bonds. The number of nitrogens with one attached hydrogen (secondary N) is 1. The second-order valence-corrected chi connectivity index (χ2v) is 10.1. The summed E-state index contributed by atoms with van der Waals surface area (Å²) in [6.07, 6.45) is 0. The van der Waals surface area contributed by atoms with E-state index in [9.17, 15) is 4.79 Å². The first-order chi connectivity index (χ1) is 16.8. The van der Waals surface area contributed by atoms with Gasteiger partial charge in [0.15, 0.2) is 6.61 Å². The quantitative estimate of drug-likeness (QED) is 0.310. The number of carbonyl (C=O) groups excluding carboxylic acids is 1. The molecule has 0 saturated heterocycles. The molecule has 1 N–H and O–H groups in total. The molecule has 0 unspecified atom stereocenters. The highest BCUT2D eigenvalue weighted by atomic mass is 32.1. The molecule has 0 atom stereocenters. The maximum absolute atomic E-state index is 12.4. The molecule has 0 aliphatic heterocycles. The lowest BCUT2D eigenvalue weighted by Crippen LogP contribution is -2.29. The van der Waals surface area contributed by atoms with E-state index < -0.39 is 0 Å². The molecule has 0 saturated carbocycles. The van der Waals surface area contributed by atoms with Crippen LogP contribution in [0.2, 0.25) is 0 Å². The lowest BCUT2D eigenvalue weighted by molar-refractivity contribution is -0.123. The lowest BCUT2D eigenvalue weighted by Gasteiger charge is -2.23. The predicted octanol–water partition coefficient (Wildman–Crippen LogP) is 6.48. The summed E-state index contributed by atoms with van der Waals surface area (Å²) < 4.78 is 11.2. The Kier molecular flexibility index (Phi) is 7.51. The Bertz CT molecular complexity index is 1280. The average Bonchev–Trinajstić information content (AvgIpc) is 3.37. The van der Waals surface area contributed by atoms with Crippen molar-refractivity contribution in [2.75, 3.05) is 13.7 Å². The number of methoxy groups -OCH3 is 1. The van der Waals surface area contributed by atoms with Crippen LogP contribution in [-0.2, 0) is 16.8 Å². The van der Waals surface area contributed by atoms with Crippen LogP contribution in [0, 0.1) is 0 Å². The normalized spacial score (nSPS) is 11.2. The molecule has 180 valence electrons. The second-order valence-electron chi connectivity index (χ2n) is 9.28. The molecule has 5 nitrogen and oxygen atoms in total. The van der Waals surface area contributed by atoms with Gasteiger partial charge in [-0.1, -0.05) is 75.4 Å². The first kappa shape index (κ1) is 24.5. The maximum Gasteiger partial charge on any atom is 0.258 e. The van der Waals surface area contributed by atoms with Gasteiger partial charge in [0.05, 0.1) is 12.8 Å². The molecule has 1 aromatic heterocycles. The summed E-state index contributed by atoms with van der Waals surface area (Å²) in [5.74, 6) is 1.29. The van der Waals surface area contributed by atoms with Crippen molar-refractivity contribution in [1.29, 1.82) is 0 Å². The highest BCUT2D eigenvalue weighted by Gasteiger charge is 2.20. The fourth-order valence-electron chi connectivity index (χ4n) is 3.66. The Morgan fingerprint density at radius 2 is 1.71 bits per heavy atom. The van der Waals surface area contributed by atoms with E-state index in [1.54, 1.807) is 18.4 Å². The summed E-state index contributed by atoms with van der Waals surface area (Å²) >= 11 is 1.63. The van der Waals surface area contributed by atoms with Crippen molar-refractivity contribution < 1.29 is 14.3 Å². The van der Waals surface area contributed by atoms with Crippen molar-refractivity contribution in [3.8, 4) is 33.3 Å². The third-order valence-corrected chi connectivity index (χ3v) is 6.51. The molecule has 35 heavy (non-hydrogen) atoms. The Labute approximate surface area is 210 Å². The van der Waals surface area contributed by atoms with E-state index in [1.165, 1.54) is 0 Å². The number of hydrogen-bond acceptors (Lipinski definition) is 5. The molecule has 3 aromatic carbocycles. The molecular formula is C29H30N2O3S. The van der Waals surface area contributed by atoms with Gasteiger partial charge in [-0.3, -0.25) is 4.79 Å². The Balaban J connectivity index is 1.32. The second kappa shape index (κ2) is 10.7. The zero-order valence-electron chi connectivity index (χ0n) is 20.5. The molecule has 0 aliphatic rings. The number of nitrogens with zero attached hydrogens (tertiary/aromatic N) is 1. The average molecular weight is 487 g/mol. The van der Waals surface area contributed by atoms with Crippen LogP contribution in [-0.4, -0.2) is 24.6 Å². The van der Waals surface area contributed by atoms with E-state index in [0.717, 1.165) is 38.7 Å². The van der Waals surface area contributed by atoms with Crippen LogP contribution in [0.5, 0.6) is 11.5 Å². The highest BCUT2D eigenvalue weighted by molar-refractivity contribution is 7.13. The van der Waals surface area contributed by atoms with Gasteiger partial charge in [0.1, 0.15) is 16.5 Å². The summed E-state index contributed by atoms with van der Waals surface area (Å²) in [5.41, 5.74) is 5.03. The van der Waals surface area contributed by atoms with Gasteiger partial charge in [-0.25, -0.2) is 4.98 Å². The summed E-state index contributed by atoms with van der Waals surface area (Å²) in [4.78, 5) is 17.2. The zero-order chi connectivity index (χ0) is 24.8. The van der Waals surface area contributed by atoms with Crippen LogP contribution in [0.15, 0.2) is 78.2 Å². The minimum Gasteiger partial charge on any atom is -0.497 e. The van der Waals surface area contributed by atoms with Crippen molar-refractivity contribution in [2.45, 2.75) is 32.7 Å². The van der Waals surface area contributed by atoms with Crippen LogP contribution in [0.4, 0.5) is 0 Å². The number of aromatic nitrogens is 1. The number of carbonyl (C=O) groups is 1.